The summed E-state index contributed by atoms with van der Waals surface area (Å²) in [5.41, 5.74) is 1.90. The van der Waals surface area contributed by atoms with Crippen LogP contribution in [0.1, 0.15) is 19.4 Å². The average Bonchev–Trinajstić information content (AvgIpc) is 3.32. The monoisotopic (exact) mass is 653 g/mol. The number of carbonyl (C=O) groups is 4. The number of ether oxygens (including phenoxy) is 1. The van der Waals surface area contributed by atoms with Gasteiger partial charge in [0.15, 0.2) is 6.61 Å². The molecular formula is C34H31N5O7S. The van der Waals surface area contributed by atoms with E-state index in [1.165, 1.54) is 30.3 Å². The molecule has 1 aliphatic rings. The SMILES string of the molecule is CCN(CC)c1ccc(/C=C2/SC(=O)N(CC(=O)Nc3cccc4ccccc34)C2=O)c(OCC(=O)Nc2cccc([N+](=O)[O-])c2)c1. The fourth-order valence-electron chi connectivity index (χ4n) is 5.04. The molecular weight excluding hydrogens is 622 g/mol. The zero-order chi connectivity index (χ0) is 33.5. The molecule has 0 saturated carbocycles. The molecule has 47 heavy (non-hydrogen) atoms. The molecule has 12 nitrogen and oxygen atoms in total. The number of anilines is 3. The van der Waals surface area contributed by atoms with E-state index in [0.717, 1.165) is 21.4 Å². The topological polar surface area (TPSA) is 151 Å². The molecule has 1 aliphatic heterocycles. The fraction of sp³-hybridized carbons (Fsp3) is 0.176. The van der Waals surface area contributed by atoms with Gasteiger partial charge in [-0.3, -0.25) is 34.2 Å². The molecule has 0 aliphatic carbocycles. The van der Waals surface area contributed by atoms with E-state index in [-0.39, 0.29) is 22.0 Å². The number of imide groups is 1. The maximum Gasteiger partial charge on any atom is 0.294 e. The Morgan fingerprint density at radius 3 is 2.45 bits per heavy atom. The van der Waals surface area contributed by atoms with E-state index in [9.17, 15) is 29.3 Å². The van der Waals surface area contributed by atoms with Crippen molar-refractivity contribution in [2.24, 2.45) is 0 Å². The van der Waals surface area contributed by atoms with Gasteiger partial charge < -0.3 is 20.3 Å². The van der Waals surface area contributed by atoms with Gasteiger partial charge in [-0.15, -0.1) is 0 Å². The van der Waals surface area contributed by atoms with Crippen LogP contribution in [0.4, 0.5) is 27.5 Å². The number of rotatable bonds is 12. The van der Waals surface area contributed by atoms with E-state index in [1.807, 2.05) is 56.3 Å². The minimum absolute atomic E-state index is 0.0921. The zero-order valence-electron chi connectivity index (χ0n) is 25.6. The third kappa shape index (κ3) is 7.76. The smallest absolute Gasteiger partial charge is 0.294 e. The van der Waals surface area contributed by atoms with Crippen LogP contribution in [-0.4, -0.2) is 59.0 Å². The Labute approximate surface area is 274 Å². The van der Waals surface area contributed by atoms with Crippen molar-refractivity contribution in [1.29, 1.82) is 0 Å². The lowest BCUT2D eigenvalue weighted by molar-refractivity contribution is -0.384. The summed E-state index contributed by atoms with van der Waals surface area (Å²) in [5, 5.41) is 17.6. The molecule has 0 spiro atoms. The van der Waals surface area contributed by atoms with Crippen molar-refractivity contribution in [1.82, 2.24) is 4.90 Å². The Kier molecular flexibility index (Phi) is 10.2. The zero-order valence-corrected chi connectivity index (χ0v) is 26.4. The van der Waals surface area contributed by atoms with Crippen molar-refractivity contribution < 1.29 is 28.8 Å². The standard InChI is InChI=1S/C34H31N5O7S/c1-3-37(4-2)25-16-15-23(29(19-25)46-21-32(41)35-24-11-8-12-26(18-24)39(44)45)17-30-33(42)38(34(43)47-30)20-31(40)36-28-14-7-10-22-9-5-6-13-27(22)28/h5-19H,3-4,20-21H2,1-2H3,(H,35,41)(H,36,40)/b30-17+. The highest BCUT2D eigenvalue weighted by molar-refractivity contribution is 8.18. The van der Waals surface area contributed by atoms with Crippen LogP contribution in [0, 0.1) is 10.1 Å². The van der Waals surface area contributed by atoms with E-state index in [1.54, 1.807) is 18.2 Å². The molecule has 1 saturated heterocycles. The number of hydrogen-bond donors (Lipinski definition) is 2. The lowest BCUT2D eigenvalue weighted by atomic mass is 10.1. The number of nitro benzene ring substituents is 1. The molecule has 0 atom stereocenters. The van der Waals surface area contributed by atoms with E-state index in [2.05, 4.69) is 15.5 Å². The summed E-state index contributed by atoms with van der Waals surface area (Å²) in [6, 6.07) is 23.9. The molecule has 1 heterocycles. The molecule has 4 amide bonds. The van der Waals surface area contributed by atoms with Gasteiger partial charge in [0.05, 0.1) is 9.83 Å². The number of non-ortho nitro benzene ring substituents is 1. The van der Waals surface area contributed by atoms with Crippen LogP contribution in [0.3, 0.4) is 0 Å². The molecule has 5 rings (SSSR count). The summed E-state index contributed by atoms with van der Waals surface area (Å²) >= 11 is 0.704. The van der Waals surface area contributed by atoms with E-state index < -0.39 is 41.0 Å². The third-order valence-electron chi connectivity index (χ3n) is 7.35. The molecule has 240 valence electrons. The van der Waals surface area contributed by atoms with Crippen LogP contribution < -0.4 is 20.3 Å². The number of amides is 4. The summed E-state index contributed by atoms with van der Waals surface area (Å²) in [4.78, 5) is 65.4. The predicted octanol–water partition coefficient (Wildman–Crippen LogP) is 6.29. The van der Waals surface area contributed by atoms with Crippen LogP contribution in [0.2, 0.25) is 0 Å². The van der Waals surface area contributed by atoms with Gasteiger partial charge >= 0.3 is 0 Å². The summed E-state index contributed by atoms with van der Waals surface area (Å²) in [6.07, 6.45) is 1.49. The first-order valence-electron chi connectivity index (χ1n) is 14.8. The normalized spacial score (nSPS) is 13.6. The van der Waals surface area contributed by atoms with Gasteiger partial charge in [0, 0.05) is 59.3 Å². The van der Waals surface area contributed by atoms with Crippen LogP contribution in [0.15, 0.2) is 89.8 Å². The van der Waals surface area contributed by atoms with Gasteiger partial charge in [-0.05, 0) is 61.3 Å². The Morgan fingerprint density at radius 2 is 1.68 bits per heavy atom. The lowest BCUT2D eigenvalue weighted by Crippen LogP contribution is -2.36. The Morgan fingerprint density at radius 1 is 0.936 bits per heavy atom. The molecule has 0 aromatic heterocycles. The highest BCUT2D eigenvalue weighted by Gasteiger charge is 2.36. The van der Waals surface area contributed by atoms with Crippen molar-refractivity contribution in [3.63, 3.8) is 0 Å². The maximum absolute atomic E-state index is 13.3. The summed E-state index contributed by atoms with van der Waals surface area (Å²) in [7, 11) is 0. The van der Waals surface area contributed by atoms with Gasteiger partial charge in [-0.25, -0.2) is 0 Å². The van der Waals surface area contributed by atoms with E-state index in [4.69, 9.17) is 4.74 Å². The van der Waals surface area contributed by atoms with Gasteiger partial charge in [0.1, 0.15) is 12.3 Å². The van der Waals surface area contributed by atoms with E-state index >= 15 is 0 Å². The Balaban J connectivity index is 1.32. The quantitative estimate of drug-likeness (QED) is 0.102. The van der Waals surface area contributed by atoms with Gasteiger partial charge in [-0.1, -0.05) is 42.5 Å². The fourth-order valence-corrected chi connectivity index (χ4v) is 5.86. The largest absolute Gasteiger partial charge is 0.483 e. The minimum Gasteiger partial charge on any atom is -0.483 e. The third-order valence-corrected chi connectivity index (χ3v) is 8.26. The molecule has 1 fully saturated rings. The number of benzene rings is 4. The van der Waals surface area contributed by atoms with Crippen molar-refractivity contribution in [3.8, 4) is 5.75 Å². The number of thioether (sulfide) groups is 1. The molecule has 0 bridgehead atoms. The summed E-state index contributed by atoms with van der Waals surface area (Å²) in [5.74, 6) is -1.42. The second kappa shape index (κ2) is 14.6. The summed E-state index contributed by atoms with van der Waals surface area (Å²) in [6.45, 7) is 4.52. The number of carbonyl (C=O) groups excluding carboxylic acids is 4. The first kappa shape index (κ1) is 32.7. The molecule has 4 aromatic carbocycles. The van der Waals surface area contributed by atoms with Crippen LogP contribution in [0.5, 0.6) is 5.75 Å². The number of nitrogens with zero attached hydrogens (tertiary/aromatic N) is 3. The number of nitrogens with one attached hydrogen (secondary N) is 2. The van der Waals surface area contributed by atoms with E-state index in [0.29, 0.717) is 36.1 Å². The highest BCUT2D eigenvalue weighted by atomic mass is 32.2. The molecule has 0 radical (unpaired) electrons. The first-order valence-corrected chi connectivity index (χ1v) is 15.6. The average molecular weight is 654 g/mol. The van der Waals surface area contributed by atoms with Crippen LogP contribution in [-0.2, 0) is 14.4 Å². The second-order valence-corrected chi connectivity index (χ2v) is 11.4. The highest BCUT2D eigenvalue weighted by Crippen LogP contribution is 2.35. The lowest BCUT2D eigenvalue weighted by Gasteiger charge is -2.22. The first-order chi connectivity index (χ1) is 22.7. The second-order valence-electron chi connectivity index (χ2n) is 10.4. The predicted molar refractivity (Wildman–Crippen MR) is 182 cm³/mol. The van der Waals surface area contributed by atoms with Crippen LogP contribution >= 0.6 is 11.8 Å². The maximum atomic E-state index is 13.3. The Hall–Kier alpha value is -5.69. The van der Waals surface area contributed by atoms with Crippen molar-refractivity contribution in [3.05, 3.63) is 106 Å². The van der Waals surface area contributed by atoms with Crippen molar-refractivity contribution in [2.45, 2.75) is 13.8 Å². The molecule has 0 unspecified atom stereocenters. The van der Waals surface area contributed by atoms with Gasteiger partial charge in [0.25, 0.3) is 22.7 Å². The molecule has 13 heteroatoms. The number of fused-ring (bicyclic) bond motifs is 1. The van der Waals surface area contributed by atoms with Crippen molar-refractivity contribution >= 4 is 74.3 Å². The number of hydrogen-bond acceptors (Lipinski definition) is 9. The Bertz CT molecular complexity index is 1900. The minimum atomic E-state index is -0.629. The van der Waals surface area contributed by atoms with Gasteiger partial charge in [-0.2, -0.15) is 0 Å². The molecule has 4 aromatic rings. The number of nitro groups is 1. The van der Waals surface area contributed by atoms with Crippen LogP contribution in [0.25, 0.3) is 16.8 Å². The van der Waals surface area contributed by atoms with Crippen molar-refractivity contribution in [2.75, 3.05) is 41.8 Å². The van der Waals surface area contributed by atoms with Gasteiger partial charge in [0.2, 0.25) is 5.91 Å². The molecule has 2 N–H and O–H groups in total. The summed E-state index contributed by atoms with van der Waals surface area (Å²) < 4.78 is 5.89.